The number of thiazole rings is 1. The molecule has 4 heterocycles. The first-order valence-electron chi connectivity index (χ1n) is 15.5. The van der Waals surface area contributed by atoms with Crippen molar-refractivity contribution in [3.63, 3.8) is 0 Å². The summed E-state index contributed by atoms with van der Waals surface area (Å²) in [6.07, 6.45) is 6.85. The highest BCUT2D eigenvalue weighted by molar-refractivity contribution is 7.14. The van der Waals surface area contributed by atoms with Crippen LogP contribution in [0.15, 0.2) is 36.1 Å². The van der Waals surface area contributed by atoms with Gasteiger partial charge in [0.05, 0.1) is 25.2 Å². The predicted molar refractivity (Wildman–Crippen MR) is 171 cm³/mol. The molecular weight excluding hydrogens is 612 g/mol. The van der Waals surface area contributed by atoms with Crippen LogP contribution in [0, 0.1) is 0 Å². The third-order valence-corrected chi connectivity index (χ3v) is 8.59. The van der Waals surface area contributed by atoms with E-state index in [0.717, 1.165) is 54.6 Å². The third-order valence-electron chi connectivity index (χ3n) is 7.70. The van der Waals surface area contributed by atoms with Crippen molar-refractivity contribution in [2.75, 3.05) is 56.2 Å². The minimum Gasteiger partial charge on any atom is -0.384 e. The Balaban J connectivity index is 1.01. The van der Waals surface area contributed by atoms with Crippen LogP contribution in [0.5, 0.6) is 0 Å². The number of ether oxygens (including phenoxy) is 1. The third kappa shape index (κ3) is 8.14. The van der Waals surface area contributed by atoms with Crippen LogP contribution >= 0.6 is 11.3 Å². The van der Waals surface area contributed by atoms with Gasteiger partial charge in [-0.15, -0.1) is 11.3 Å². The monoisotopic (exact) mass is 650 g/mol. The number of hydrogen-bond donors (Lipinski definition) is 3. The van der Waals surface area contributed by atoms with Gasteiger partial charge in [-0.3, -0.25) is 38.8 Å². The number of aromatic nitrogens is 3. The number of amides is 5. The molecule has 3 aromatic rings. The summed E-state index contributed by atoms with van der Waals surface area (Å²) in [5.41, 5.74) is 1.91. The van der Waals surface area contributed by atoms with E-state index in [1.807, 2.05) is 5.38 Å². The first-order chi connectivity index (χ1) is 22.3. The highest BCUT2D eigenvalue weighted by Gasteiger charge is 2.34. The van der Waals surface area contributed by atoms with Crippen LogP contribution in [0.4, 0.5) is 10.8 Å². The molecule has 0 unspecified atom stereocenters. The summed E-state index contributed by atoms with van der Waals surface area (Å²) in [4.78, 5) is 74.1. The summed E-state index contributed by atoms with van der Waals surface area (Å²) < 4.78 is 7.16. The van der Waals surface area contributed by atoms with Gasteiger partial charge in [-0.2, -0.15) is 0 Å². The van der Waals surface area contributed by atoms with E-state index >= 15 is 0 Å². The molecule has 0 spiro atoms. The van der Waals surface area contributed by atoms with Crippen LogP contribution < -0.4 is 20.9 Å². The Hall–Kier alpha value is -4.63. The summed E-state index contributed by atoms with van der Waals surface area (Å²) >= 11 is 1.56. The van der Waals surface area contributed by atoms with E-state index < -0.39 is 30.2 Å². The van der Waals surface area contributed by atoms with Crippen LogP contribution in [0.2, 0.25) is 0 Å². The smallest absolute Gasteiger partial charge is 0.271 e. The molecule has 5 amide bonds. The molecule has 0 bridgehead atoms. The number of benzene rings is 1. The molecule has 0 saturated carbocycles. The minimum absolute atomic E-state index is 0.00169. The maximum absolute atomic E-state index is 13.2. The number of carbonyl (C=O) groups is 5. The zero-order valence-electron chi connectivity index (χ0n) is 25.8. The number of morpholine rings is 1. The van der Waals surface area contributed by atoms with Crippen molar-refractivity contribution in [2.24, 2.45) is 0 Å². The number of imidazole rings is 1. The molecule has 2 aromatic heterocycles. The van der Waals surface area contributed by atoms with Crippen molar-refractivity contribution in [1.29, 1.82) is 0 Å². The Morgan fingerprint density at radius 3 is 2.59 bits per heavy atom. The number of anilines is 2. The van der Waals surface area contributed by atoms with Gasteiger partial charge in [0, 0.05) is 49.9 Å². The first-order valence-corrected chi connectivity index (χ1v) is 16.4. The van der Waals surface area contributed by atoms with Gasteiger partial charge in [-0.05, 0) is 24.5 Å². The SMILES string of the molecule is CCC(=O)NC(=O)CN1C(=O)Cc2cccc(NCCCCCCNC(=O)c3cn(-c4csc(N5CCOCC5)n4)cn3)c2C1=O. The molecule has 2 aliphatic heterocycles. The summed E-state index contributed by atoms with van der Waals surface area (Å²) in [7, 11) is 0. The van der Waals surface area contributed by atoms with Crippen LogP contribution in [0.3, 0.4) is 0 Å². The fourth-order valence-electron chi connectivity index (χ4n) is 5.20. The standard InChI is InChI=1S/C31H38N8O6S/c1-2-25(40)36-26(41)18-39-27(42)16-21-8-7-9-22(28(21)30(39)44)32-10-5-3-4-6-11-33-29(43)23-17-38(20-34-23)24-19-46-31(35-24)37-12-14-45-15-13-37/h7-9,17,19-20,32H,2-6,10-16,18H2,1H3,(H,33,43)(H,36,40,41). The van der Waals surface area contributed by atoms with E-state index in [-0.39, 0.29) is 18.7 Å². The van der Waals surface area contributed by atoms with Crippen molar-refractivity contribution >= 4 is 51.7 Å². The van der Waals surface area contributed by atoms with Gasteiger partial charge in [-0.25, -0.2) is 9.97 Å². The number of nitrogens with one attached hydrogen (secondary N) is 3. The van der Waals surface area contributed by atoms with Crippen molar-refractivity contribution in [3.05, 3.63) is 52.9 Å². The van der Waals surface area contributed by atoms with Gasteiger partial charge in [0.1, 0.15) is 18.6 Å². The topological polar surface area (TPSA) is 168 Å². The molecule has 1 aromatic carbocycles. The summed E-state index contributed by atoms with van der Waals surface area (Å²) in [5, 5.41) is 11.3. The summed E-state index contributed by atoms with van der Waals surface area (Å²) in [6, 6.07) is 5.30. The molecule has 14 nitrogen and oxygen atoms in total. The number of carbonyl (C=O) groups excluding carboxylic acids is 5. The van der Waals surface area contributed by atoms with E-state index in [1.54, 1.807) is 53.6 Å². The predicted octanol–water partition coefficient (Wildman–Crippen LogP) is 2.15. The molecule has 0 aliphatic carbocycles. The molecular formula is C31H38N8O6S. The molecule has 0 radical (unpaired) electrons. The van der Waals surface area contributed by atoms with Crippen molar-refractivity contribution < 1.29 is 28.7 Å². The van der Waals surface area contributed by atoms with Gasteiger partial charge < -0.3 is 20.3 Å². The second kappa shape index (κ2) is 15.6. The lowest BCUT2D eigenvalue weighted by atomic mass is 9.96. The molecule has 244 valence electrons. The fraction of sp³-hybridized carbons (Fsp3) is 0.452. The normalized spacial score (nSPS) is 14.6. The maximum atomic E-state index is 13.2. The van der Waals surface area contributed by atoms with E-state index in [2.05, 4.69) is 30.8 Å². The molecule has 1 saturated heterocycles. The number of nitrogens with zero attached hydrogens (tertiary/aromatic N) is 5. The van der Waals surface area contributed by atoms with E-state index in [9.17, 15) is 24.0 Å². The largest absolute Gasteiger partial charge is 0.384 e. The van der Waals surface area contributed by atoms with Crippen LogP contribution in [0.1, 0.15) is 65.4 Å². The lowest BCUT2D eigenvalue weighted by molar-refractivity contribution is -0.136. The molecule has 46 heavy (non-hydrogen) atoms. The molecule has 0 atom stereocenters. The van der Waals surface area contributed by atoms with Crippen molar-refractivity contribution in [3.8, 4) is 5.82 Å². The van der Waals surface area contributed by atoms with E-state index in [4.69, 9.17) is 4.74 Å². The van der Waals surface area contributed by atoms with Gasteiger partial charge >= 0.3 is 0 Å². The summed E-state index contributed by atoms with van der Waals surface area (Å²) in [5.74, 6) is -1.70. The second-order valence-corrected chi connectivity index (χ2v) is 11.8. The van der Waals surface area contributed by atoms with Gasteiger partial charge in [-0.1, -0.05) is 31.9 Å². The molecule has 1 fully saturated rings. The number of unbranched alkanes of at least 4 members (excludes halogenated alkanes) is 3. The Morgan fingerprint density at radius 2 is 1.80 bits per heavy atom. The van der Waals surface area contributed by atoms with Crippen LogP contribution in [0.25, 0.3) is 5.82 Å². The number of rotatable bonds is 14. The van der Waals surface area contributed by atoms with Crippen molar-refractivity contribution in [2.45, 2.75) is 45.4 Å². The van der Waals surface area contributed by atoms with Gasteiger partial charge in [0.2, 0.25) is 17.7 Å². The fourth-order valence-corrected chi connectivity index (χ4v) is 6.06. The molecule has 3 N–H and O–H groups in total. The number of imide groups is 2. The molecule has 15 heteroatoms. The average molecular weight is 651 g/mol. The van der Waals surface area contributed by atoms with Gasteiger partial charge in [0.15, 0.2) is 10.9 Å². The second-order valence-electron chi connectivity index (χ2n) is 11.0. The lowest BCUT2D eigenvalue weighted by Crippen LogP contribution is -2.48. The zero-order chi connectivity index (χ0) is 32.5. The van der Waals surface area contributed by atoms with E-state index in [1.165, 1.54) is 0 Å². The maximum Gasteiger partial charge on any atom is 0.271 e. The Labute approximate surface area is 270 Å². The summed E-state index contributed by atoms with van der Waals surface area (Å²) in [6.45, 7) is 5.24. The molecule has 5 rings (SSSR count). The Bertz CT molecular complexity index is 1580. The van der Waals surface area contributed by atoms with E-state index in [0.29, 0.717) is 48.8 Å². The van der Waals surface area contributed by atoms with Crippen LogP contribution in [-0.2, 0) is 25.5 Å². The quantitative estimate of drug-likeness (QED) is 0.174. The number of fused-ring (bicyclic) bond motifs is 1. The highest BCUT2D eigenvalue weighted by atomic mass is 32.1. The zero-order valence-corrected chi connectivity index (χ0v) is 26.6. The van der Waals surface area contributed by atoms with Gasteiger partial charge in [0.25, 0.3) is 11.8 Å². The van der Waals surface area contributed by atoms with Crippen LogP contribution in [-0.4, -0.2) is 94.9 Å². The number of hydrogen-bond acceptors (Lipinski definition) is 11. The average Bonchev–Trinajstić information content (AvgIpc) is 3.75. The first kappa shape index (κ1) is 32.8. The molecule has 2 aliphatic rings. The Morgan fingerprint density at radius 1 is 1.02 bits per heavy atom. The lowest BCUT2D eigenvalue weighted by Gasteiger charge is -2.28. The Kier molecular flexibility index (Phi) is 11.1. The minimum atomic E-state index is -0.692. The van der Waals surface area contributed by atoms with Crippen molar-refractivity contribution in [1.82, 2.24) is 30.1 Å². The highest BCUT2D eigenvalue weighted by Crippen LogP contribution is 2.27.